The molecule has 1 rings (SSSR count). The van der Waals surface area contributed by atoms with Gasteiger partial charge in [0.15, 0.2) is 0 Å². The summed E-state index contributed by atoms with van der Waals surface area (Å²) >= 11 is 0. The minimum atomic E-state index is 0. The fourth-order valence-electron chi connectivity index (χ4n) is 0.741. The van der Waals surface area contributed by atoms with Gasteiger partial charge >= 0.3 is 26.2 Å². The molecule has 0 aliphatic heterocycles. The Hall–Kier alpha value is 0.0631. The first kappa shape index (κ1) is 10.1. The van der Waals surface area contributed by atoms with Crippen molar-refractivity contribution in [2.45, 2.75) is 6.61 Å². The molecule has 0 atom stereocenters. The first-order chi connectivity index (χ1) is 4.43. The third-order valence-corrected chi connectivity index (χ3v) is 1.15. The molecule has 0 amide bonds. The predicted octanol–water partition coefficient (Wildman–Crippen LogP) is 0.649. The van der Waals surface area contributed by atoms with Crippen LogP contribution in [-0.4, -0.2) is 33.3 Å². The quantitative estimate of drug-likeness (QED) is 0.722. The monoisotopic (exact) mass is 334 g/mol. The van der Waals surface area contributed by atoms with Gasteiger partial charge in [-0.3, -0.25) is 0 Å². The Labute approximate surface area is 80.5 Å². The fraction of sp³-hybridized carbons (Fsp3) is 0.250. The molecule has 0 spiro atoms. The predicted molar refractivity (Wildman–Crippen MR) is 47.1 cm³/mol. The maximum atomic E-state index is 4.93. The summed E-state index contributed by atoms with van der Waals surface area (Å²) in [6.45, 7) is 0.709. The normalized spacial score (nSPS) is 8.50. The Morgan fingerprint density at radius 2 is 1.80 bits per heavy atom. The Balaban J connectivity index is 0.000000810. The van der Waals surface area contributed by atoms with Gasteiger partial charge in [-0.25, -0.2) is 0 Å². The molecule has 1 aromatic rings. The molecule has 56 valence electrons. The van der Waals surface area contributed by atoms with Gasteiger partial charge in [0.05, 0.1) is 6.61 Å². The van der Waals surface area contributed by atoms with Gasteiger partial charge in [0.25, 0.3) is 0 Å². The summed E-state index contributed by atoms with van der Waals surface area (Å²) in [6, 6.07) is 10.1. The van der Waals surface area contributed by atoms with Gasteiger partial charge in [-0.05, 0) is 5.56 Å². The van der Waals surface area contributed by atoms with Gasteiger partial charge in [0, 0.05) is 7.11 Å². The zero-order valence-electron chi connectivity index (χ0n) is 6.21. The van der Waals surface area contributed by atoms with Crippen LogP contribution in [-0.2, 0) is 11.3 Å². The molecule has 0 aliphatic rings. The second kappa shape index (κ2) is 5.82. The molecule has 1 nitrogen and oxygen atoms in total. The average Bonchev–Trinajstić information content (AvgIpc) is 1.91. The summed E-state index contributed by atoms with van der Waals surface area (Å²) in [5.74, 6) is 0. The topological polar surface area (TPSA) is 9.23 Å². The second-order valence-corrected chi connectivity index (χ2v) is 1.92. The number of methoxy groups -OCH3 is 1. The van der Waals surface area contributed by atoms with Crippen molar-refractivity contribution in [2.75, 3.05) is 7.11 Å². The number of rotatable bonds is 2. The van der Waals surface area contributed by atoms with Crippen molar-refractivity contribution < 1.29 is 4.74 Å². The average molecular weight is 334 g/mol. The van der Waals surface area contributed by atoms with Crippen molar-refractivity contribution >= 4 is 26.2 Å². The third-order valence-electron chi connectivity index (χ3n) is 1.15. The van der Waals surface area contributed by atoms with Crippen molar-refractivity contribution in [3.63, 3.8) is 0 Å². The van der Waals surface area contributed by atoms with Gasteiger partial charge in [0.2, 0.25) is 0 Å². The van der Waals surface area contributed by atoms with Gasteiger partial charge in [-0.2, -0.15) is 0 Å². The number of hydrogen-bond acceptors (Lipinski definition) is 1. The van der Waals surface area contributed by atoms with Crippen LogP contribution in [0.1, 0.15) is 5.56 Å². The summed E-state index contributed by atoms with van der Waals surface area (Å²) in [6.07, 6.45) is 0. The van der Waals surface area contributed by atoms with Crippen LogP contribution >= 0.6 is 0 Å². The van der Waals surface area contributed by atoms with Crippen LogP contribution in [0.5, 0.6) is 0 Å². The van der Waals surface area contributed by atoms with Gasteiger partial charge in [-0.15, -0.1) is 0 Å². The zero-order chi connectivity index (χ0) is 6.53. The molecule has 0 N–H and O–H groups in total. The maximum absolute atomic E-state index is 4.93. The van der Waals surface area contributed by atoms with E-state index in [1.165, 1.54) is 5.56 Å². The Kier molecular flexibility index (Phi) is 5.86. The van der Waals surface area contributed by atoms with Gasteiger partial charge < -0.3 is 4.74 Å². The molecule has 0 unspecified atom stereocenters. The molecule has 0 saturated carbocycles. The summed E-state index contributed by atoms with van der Waals surface area (Å²) in [7, 11) is 1.70. The van der Waals surface area contributed by atoms with E-state index in [1.807, 2.05) is 30.3 Å². The number of hydrogen-bond donors (Lipinski definition) is 0. The summed E-state index contributed by atoms with van der Waals surface area (Å²) in [5, 5.41) is 0. The molecule has 0 bridgehead atoms. The molecule has 0 fully saturated rings. The van der Waals surface area contributed by atoms with Crippen molar-refractivity contribution in [2.24, 2.45) is 0 Å². The number of ether oxygens (including phenoxy) is 1. The van der Waals surface area contributed by atoms with Crippen LogP contribution in [0, 0.1) is 0 Å². The van der Waals surface area contributed by atoms with Gasteiger partial charge in [-0.1, -0.05) is 30.3 Å². The molecule has 0 radical (unpaired) electrons. The molecule has 0 aromatic heterocycles. The molecule has 10 heavy (non-hydrogen) atoms. The molecule has 0 heterocycles. The van der Waals surface area contributed by atoms with E-state index in [2.05, 4.69) is 0 Å². The van der Waals surface area contributed by atoms with Gasteiger partial charge in [0.1, 0.15) is 0 Å². The van der Waals surface area contributed by atoms with Crippen molar-refractivity contribution in [3.8, 4) is 0 Å². The van der Waals surface area contributed by atoms with E-state index in [9.17, 15) is 0 Å². The summed E-state index contributed by atoms with van der Waals surface area (Å²) in [4.78, 5) is 0. The first-order valence-electron chi connectivity index (χ1n) is 2.96. The second-order valence-electron chi connectivity index (χ2n) is 1.92. The van der Waals surface area contributed by atoms with Crippen molar-refractivity contribution in [1.82, 2.24) is 0 Å². The summed E-state index contributed by atoms with van der Waals surface area (Å²) in [5.41, 5.74) is 1.22. The Morgan fingerprint density at radius 3 is 2.30 bits per heavy atom. The van der Waals surface area contributed by atoms with Crippen molar-refractivity contribution in [1.29, 1.82) is 0 Å². The zero-order valence-corrected chi connectivity index (χ0v) is 11.7. The Morgan fingerprint density at radius 1 is 1.20 bits per heavy atom. The Bertz CT molecular complexity index is 162. The summed E-state index contributed by atoms with van der Waals surface area (Å²) < 4.78 is 4.93. The molecule has 0 aliphatic carbocycles. The van der Waals surface area contributed by atoms with Crippen LogP contribution in [0.3, 0.4) is 0 Å². The van der Waals surface area contributed by atoms with E-state index in [4.69, 9.17) is 4.74 Å². The molecule has 0 saturated heterocycles. The molecular formula is C8H13BiO. The van der Waals surface area contributed by atoms with Crippen LogP contribution in [0.4, 0.5) is 0 Å². The van der Waals surface area contributed by atoms with E-state index >= 15 is 0 Å². The number of benzene rings is 1. The van der Waals surface area contributed by atoms with Crippen molar-refractivity contribution in [3.05, 3.63) is 35.9 Å². The van der Waals surface area contributed by atoms with E-state index in [0.717, 1.165) is 0 Å². The van der Waals surface area contributed by atoms with Crippen LogP contribution in [0.2, 0.25) is 0 Å². The van der Waals surface area contributed by atoms with E-state index in [0.29, 0.717) is 6.61 Å². The fourth-order valence-corrected chi connectivity index (χ4v) is 0.741. The minimum absolute atomic E-state index is 0. The molecule has 2 heteroatoms. The molecule has 1 aromatic carbocycles. The standard InChI is InChI=1S/C8H10O.Bi.3H/c1-9-7-8-5-3-2-4-6-8;;;;/h2-6H,7H2,1H3;;;;. The van der Waals surface area contributed by atoms with E-state index < -0.39 is 0 Å². The SMILES string of the molecule is COCc1ccccc1.[BiH3]. The van der Waals surface area contributed by atoms with E-state index in [-0.39, 0.29) is 26.2 Å². The van der Waals surface area contributed by atoms with Crippen LogP contribution < -0.4 is 0 Å². The molecular weight excluding hydrogens is 321 g/mol. The first-order valence-corrected chi connectivity index (χ1v) is 2.96. The third kappa shape index (κ3) is 3.29. The van der Waals surface area contributed by atoms with Crippen LogP contribution in [0.25, 0.3) is 0 Å². The van der Waals surface area contributed by atoms with E-state index in [1.54, 1.807) is 7.11 Å². The van der Waals surface area contributed by atoms with Crippen LogP contribution in [0.15, 0.2) is 30.3 Å².